The number of nitrogen functional groups attached to an aromatic ring is 1. The Morgan fingerprint density at radius 3 is 2.47 bits per heavy atom. The molecule has 0 saturated carbocycles. The molecule has 0 aliphatic carbocycles. The fourth-order valence-corrected chi connectivity index (χ4v) is 4.72. The monoisotopic (exact) mass is 420 g/mol. The molecule has 2 aliphatic heterocycles. The number of fused-ring (bicyclic) bond motifs is 6. The zero-order valence-electron chi connectivity index (χ0n) is 17.4. The highest BCUT2D eigenvalue weighted by Gasteiger charge is 2.54. The number of hydrogen-bond acceptors (Lipinski definition) is 5. The van der Waals surface area contributed by atoms with Crippen molar-refractivity contribution < 1.29 is 14.3 Å². The molecule has 0 radical (unpaired) electrons. The summed E-state index contributed by atoms with van der Waals surface area (Å²) in [5, 5.41) is 3.48. The lowest BCUT2D eigenvalue weighted by Crippen LogP contribution is -2.34. The molecule has 0 amide bonds. The summed E-state index contributed by atoms with van der Waals surface area (Å²) in [6, 6.07) is 26.9. The molecule has 2 aliphatic rings. The number of ether oxygens (including phenoxy) is 2. The number of carbonyl (C=O) groups excluding carboxylic acids is 1. The zero-order chi connectivity index (χ0) is 21.9. The molecular weight excluding hydrogens is 400 g/mol. The third-order valence-electron chi connectivity index (χ3n) is 6.16. The van der Waals surface area contributed by atoms with Gasteiger partial charge in [-0.3, -0.25) is 0 Å². The molecule has 1 spiro atoms. The fraction of sp³-hybridized carbons (Fsp3) is 0.0741. The van der Waals surface area contributed by atoms with Gasteiger partial charge in [0.25, 0.3) is 0 Å². The van der Waals surface area contributed by atoms with Crippen LogP contribution in [0.1, 0.15) is 32.6 Å². The lowest BCUT2D eigenvalue weighted by Gasteiger charge is -2.37. The Morgan fingerprint density at radius 1 is 0.844 bits per heavy atom. The van der Waals surface area contributed by atoms with Gasteiger partial charge in [0.2, 0.25) is 0 Å². The second-order valence-corrected chi connectivity index (χ2v) is 8.09. The van der Waals surface area contributed by atoms with Crippen molar-refractivity contribution in [2.24, 2.45) is 0 Å². The quantitative estimate of drug-likeness (QED) is 0.312. The highest BCUT2D eigenvalue weighted by Crippen LogP contribution is 2.58. The van der Waals surface area contributed by atoms with E-state index < -0.39 is 5.60 Å². The number of esters is 1. The van der Waals surface area contributed by atoms with Crippen LogP contribution in [0.5, 0.6) is 11.5 Å². The van der Waals surface area contributed by atoms with Crippen molar-refractivity contribution in [2.75, 3.05) is 11.1 Å². The van der Waals surface area contributed by atoms with Crippen LogP contribution in [-0.4, -0.2) is 5.97 Å². The maximum atomic E-state index is 13.0. The number of nitrogens with one attached hydrogen (secondary N) is 1. The number of hydrogen-bond donors (Lipinski definition) is 2. The molecule has 156 valence electrons. The second kappa shape index (κ2) is 6.62. The molecule has 3 N–H and O–H groups in total. The van der Waals surface area contributed by atoms with Gasteiger partial charge in [0, 0.05) is 28.2 Å². The molecular formula is C27H20N2O3. The molecule has 4 aromatic carbocycles. The minimum absolute atomic E-state index is 0.374. The van der Waals surface area contributed by atoms with Gasteiger partial charge in [-0.05, 0) is 55.0 Å². The SMILES string of the molecule is Cc1cc2c(cc1Nc1ccccc1)C1(OC(=O)c3ccccc31)c1c(N)cccc1O2. The van der Waals surface area contributed by atoms with E-state index in [4.69, 9.17) is 15.2 Å². The number of para-hydroxylation sites is 1. The first-order chi connectivity index (χ1) is 15.6. The lowest BCUT2D eigenvalue weighted by molar-refractivity contribution is 0.0227. The molecule has 1 atom stereocenters. The van der Waals surface area contributed by atoms with E-state index in [-0.39, 0.29) is 5.97 Å². The van der Waals surface area contributed by atoms with Gasteiger partial charge in [-0.2, -0.15) is 0 Å². The third kappa shape index (κ3) is 2.48. The van der Waals surface area contributed by atoms with Gasteiger partial charge in [-0.15, -0.1) is 0 Å². The summed E-state index contributed by atoms with van der Waals surface area (Å²) in [5.74, 6) is 0.856. The number of rotatable bonds is 2. The maximum Gasteiger partial charge on any atom is 0.340 e. The van der Waals surface area contributed by atoms with Gasteiger partial charge < -0.3 is 20.5 Å². The maximum absolute atomic E-state index is 13.0. The highest BCUT2D eigenvalue weighted by molar-refractivity contribution is 5.97. The Morgan fingerprint density at radius 2 is 1.62 bits per heavy atom. The van der Waals surface area contributed by atoms with Crippen molar-refractivity contribution in [1.82, 2.24) is 0 Å². The Balaban J connectivity index is 1.64. The van der Waals surface area contributed by atoms with Crippen molar-refractivity contribution in [2.45, 2.75) is 12.5 Å². The molecule has 1 unspecified atom stereocenters. The van der Waals surface area contributed by atoms with Crippen LogP contribution in [0.4, 0.5) is 17.1 Å². The van der Waals surface area contributed by atoms with Crippen LogP contribution < -0.4 is 15.8 Å². The molecule has 0 aromatic heterocycles. The average Bonchev–Trinajstić information content (AvgIpc) is 3.09. The van der Waals surface area contributed by atoms with Crippen LogP contribution in [0.2, 0.25) is 0 Å². The van der Waals surface area contributed by atoms with Gasteiger partial charge >= 0.3 is 5.97 Å². The van der Waals surface area contributed by atoms with Crippen LogP contribution in [0.15, 0.2) is 84.9 Å². The van der Waals surface area contributed by atoms with E-state index in [2.05, 4.69) is 5.32 Å². The van der Waals surface area contributed by atoms with Gasteiger partial charge in [-0.1, -0.05) is 42.5 Å². The summed E-state index contributed by atoms with van der Waals surface area (Å²) in [4.78, 5) is 13.0. The van der Waals surface area contributed by atoms with E-state index >= 15 is 0 Å². The molecule has 2 heterocycles. The van der Waals surface area contributed by atoms with E-state index in [9.17, 15) is 4.79 Å². The van der Waals surface area contributed by atoms with Crippen molar-refractivity contribution >= 4 is 23.0 Å². The van der Waals surface area contributed by atoms with Crippen LogP contribution >= 0.6 is 0 Å². The third-order valence-corrected chi connectivity index (χ3v) is 6.16. The van der Waals surface area contributed by atoms with Crippen molar-refractivity contribution in [3.8, 4) is 11.5 Å². The average molecular weight is 420 g/mol. The van der Waals surface area contributed by atoms with Gasteiger partial charge in [0.1, 0.15) is 11.5 Å². The molecule has 6 rings (SSSR count). The van der Waals surface area contributed by atoms with Crippen LogP contribution in [0.3, 0.4) is 0 Å². The van der Waals surface area contributed by atoms with Crippen molar-refractivity contribution in [3.63, 3.8) is 0 Å². The van der Waals surface area contributed by atoms with E-state index in [0.29, 0.717) is 28.3 Å². The number of nitrogens with two attached hydrogens (primary N) is 1. The fourth-order valence-electron chi connectivity index (χ4n) is 4.72. The topological polar surface area (TPSA) is 73.6 Å². The molecule has 5 heteroatoms. The summed E-state index contributed by atoms with van der Waals surface area (Å²) < 4.78 is 12.5. The molecule has 0 fully saturated rings. The zero-order valence-corrected chi connectivity index (χ0v) is 17.4. The van der Waals surface area contributed by atoms with Crippen LogP contribution in [0.25, 0.3) is 0 Å². The smallest absolute Gasteiger partial charge is 0.340 e. The summed E-state index contributed by atoms with van der Waals surface area (Å²) >= 11 is 0. The summed E-state index contributed by atoms with van der Waals surface area (Å²) in [6.45, 7) is 2.02. The lowest BCUT2D eigenvalue weighted by atomic mass is 9.76. The normalized spacial score (nSPS) is 17.7. The Kier molecular flexibility index (Phi) is 3.83. The van der Waals surface area contributed by atoms with Crippen LogP contribution in [-0.2, 0) is 10.3 Å². The first-order valence-corrected chi connectivity index (χ1v) is 10.4. The largest absolute Gasteiger partial charge is 0.456 e. The van der Waals surface area contributed by atoms with E-state index in [0.717, 1.165) is 28.1 Å². The van der Waals surface area contributed by atoms with Gasteiger partial charge in [-0.25, -0.2) is 4.79 Å². The molecule has 5 nitrogen and oxygen atoms in total. The molecule has 32 heavy (non-hydrogen) atoms. The predicted molar refractivity (Wildman–Crippen MR) is 124 cm³/mol. The molecule has 4 aromatic rings. The minimum Gasteiger partial charge on any atom is -0.456 e. The Hall–Kier alpha value is -4.25. The van der Waals surface area contributed by atoms with E-state index in [1.165, 1.54) is 0 Å². The minimum atomic E-state index is -1.18. The summed E-state index contributed by atoms with van der Waals surface area (Å²) in [7, 11) is 0. The number of carbonyl (C=O) groups is 1. The Bertz CT molecular complexity index is 1400. The predicted octanol–water partition coefficient (Wildman–Crippen LogP) is 5.89. The summed E-state index contributed by atoms with van der Waals surface area (Å²) in [5.41, 5.74) is 11.4. The first kappa shape index (κ1) is 18.5. The van der Waals surface area contributed by atoms with Gasteiger partial charge in [0.15, 0.2) is 5.60 Å². The van der Waals surface area contributed by atoms with E-state index in [1.54, 1.807) is 12.1 Å². The summed E-state index contributed by atoms with van der Waals surface area (Å²) in [6.07, 6.45) is 0. The van der Waals surface area contributed by atoms with E-state index in [1.807, 2.05) is 79.7 Å². The number of anilines is 3. The second-order valence-electron chi connectivity index (χ2n) is 8.09. The van der Waals surface area contributed by atoms with Crippen molar-refractivity contribution in [3.05, 3.63) is 113 Å². The standard InChI is InChI=1S/C27H20N2O3/c1-16-14-24-20(15-22(16)29-17-8-3-2-4-9-17)27(25-21(28)12-7-13-23(25)31-24)19-11-6-5-10-18(19)26(30)32-27/h2-15,29H,28H2,1H3. The number of aryl methyl sites for hydroxylation is 1. The first-order valence-electron chi connectivity index (χ1n) is 10.4. The molecule has 0 saturated heterocycles. The Labute approximate surface area is 185 Å². The highest BCUT2D eigenvalue weighted by atomic mass is 16.6. The van der Waals surface area contributed by atoms with Gasteiger partial charge in [0.05, 0.1) is 11.1 Å². The number of benzene rings is 4. The molecule has 0 bridgehead atoms. The van der Waals surface area contributed by atoms with Crippen LogP contribution in [0, 0.1) is 6.92 Å². The van der Waals surface area contributed by atoms with Crippen molar-refractivity contribution in [1.29, 1.82) is 0 Å².